The minimum absolute atomic E-state index is 0.147. The van der Waals surface area contributed by atoms with Crippen LogP contribution in [0.15, 0.2) is 28.8 Å². The summed E-state index contributed by atoms with van der Waals surface area (Å²) in [6.45, 7) is 1.89. The molecule has 6 heteroatoms. The highest BCUT2D eigenvalue weighted by Gasteiger charge is 2.24. The van der Waals surface area contributed by atoms with Gasteiger partial charge in [0.05, 0.1) is 5.56 Å². The van der Waals surface area contributed by atoms with E-state index in [-0.39, 0.29) is 30.1 Å². The molecule has 0 radical (unpaired) electrons. The summed E-state index contributed by atoms with van der Waals surface area (Å²) in [7, 11) is 0. The van der Waals surface area contributed by atoms with Crippen molar-refractivity contribution in [1.29, 1.82) is 0 Å². The number of aryl methyl sites for hydroxylation is 1. The van der Waals surface area contributed by atoms with Crippen LogP contribution >= 0.6 is 0 Å². The SMILES string of the molecule is Cc1onc(C(=O)NC2CCCC2)c1COc1ccc(F)cc1. The van der Waals surface area contributed by atoms with E-state index in [4.69, 9.17) is 9.26 Å². The van der Waals surface area contributed by atoms with Crippen LogP contribution in [-0.4, -0.2) is 17.1 Å². The normalized spacial score (nSPS) is 14.9. The number of rotatable bonds is 5. The predicted molar refractivity (Wildman–Crippen MR) is 81.7 cm³/mol. The van der Waals surface area contributed by atoms with Crippen LogP contribution < -0.4 is 10.1 Å². The third kappa shape index (κ3) is 3.70. The zero-order chi connectivity index (χ0) is 16.2. The first-order valence-corrected chi connectivity index (χ1v) is 7.78. The lowest BCUT2D eigenvalue weighted by Gasteiger charge is -2.11. The van der Waals surface area contributed by atoms with Crippen LogP contribution in [0.5, 0.6) is 5.75 Å². The quantitative estimate of drug-likeness (QED) is 0.918. The van der Waals surface area contributed by atoms with E-state index in [2.05, 4.69) is 10.5 Å². The van der Waals surface area contributed by atoms with E-state index in [1.165, 1.54) is 24.3 Å². The van der Waals surface area contributed by atoms with Gasteiger partial charge in [-0.15, -0.1) is 0 Å². The molecule has 1 fully saturated rings. The Bertz CT molecular complexity index is 676. The Morgan fingerprint density at radius 3 is 2.74 bits per heavy atom. The molecule has 0 saturated heterocycles. The second-order valence-electron chi connectivity index (χ2n) is 5.76. The van der Waals surface area contributed by atoms with Gasteiger partial charge in [-0.05, 0) is 44.0 Å². The summed E-state index contributed by atoms with van der Waals surface area (Å²) in [6.07, 6.45) is 4.29. The lowest BCUT2D eigenvalue weighted by atomic mass is 10.1. The van der Waals surface area contributed by atoms with Gasteiger partial charge in [0, 0.05) is 6.04 Å². The zero-order valence-electron chi connectivity index (χ0n) is 13.0. The summed E-state index contributed by atoms with van der Waals surface area (Å²) in [5, 5.41) is 6.85. The van der Waals surface area contributed by atoms with Crippen LogP contribution in [0.2, 0.25) is 0 Å². The smallest absolute Gasteiger partial charge is 0.274 e. The second kappa shape index (κ2) is 6.81. The molecule has 5 nitrogen and oxygen atoms in total. The van der Waals surface area contributed by atoms with Gasteiger partial charge in [-0.25, -0.2) is 4.39 Å². The van der Waals surface area contributed by atoms with Gasteiger partial charge in [-0.2, -0.15) is 0 Å². The molecule has 122 valence electrons. The first-order valence-electron chi connectivity index (χ1n) is 7.78. The fourth-order valence-corrected chi connectivity index (χ4v) is 2.75. The van der Waals surface area contributed by atoms with E-state index in [1.807, 2.05) is 0 Å². The summed E-state index contributed by atoms with van der Waals surface area (Å²) < 4.78 is 23.6. The van der Waals surface area contributed by atoms with Crippen molar-refractivity contribution in [2.75, 3.05) is 0 Å². The number of amides is 1. The molecule has 0 spiro atoms. The number of hydrogen-bond acceptors (Lipinski definition) is 4. The van der Waals surface area contributed by atoms with Gasteiger partial charge in [0.25, 0.3) is 5.91 Å². The van der Waals surface area contributed by atoms with E-state index < -0.39 is 0 Å². The monoisotopic (exact) mass is 318 g/mol. The number of carbonyl (C=O) groups excluding carboxylic acids is 1. The molecule has 1 amide bonds. The molecule has 1 heterocycles. The van der Waals surface area contributed by atoms with E-state index >= 15 is 0 Å². The fraction of sp³-hybridized carbons (Fsp3) is 0.412. The topological polar surface area (TPSA) is 64.4 Å². The Morgan fingerprint density at radius 1 is 1.35 bits per heavy atom. The van der Waals surface area contributed by atoms with Crippen LogP contribution in [-0.2, 0) is 6.61 Å². The number of aromatic nitrogens is 1. The number of ether oxygens (including phenoxy) is 1. The van der Waals surface area contributed by atoms with Crippen LogP contribution in [0.1, 0.15) is 47.5 Å². The average molecular weight is 318 g/mol. The number of halogens is 1. The van der Waals surface area contributed by atoms with Crippen LogP contribution in [0.25, 0.3) is 0 Å². The molecule has 0 aliphatic heterocycles. The molecule has 1 aromatic heterocycles. The molecule has 1 N–H and O–H groups in total. The highest BCUT2D eigenvalue weighted by Crippen LogP contribution is 2.21. The van der Waals surface area contributed by atoms with E-state index in [0.717, 1.165) is 25.7 Å². The van der Waals surface area contributed by atoms with Gasteiger partial charge in [-0.1, -0.05) is 18.0 Å². The molecule has 0 bridgehead atoms. The largest absolute Gasteiger partial charge is 0.489 e. The van der Waals surface area contributed by atoms with Gasteiger partial charge in [-0.3, -0.25) is 4.79 Å². The van der Waals surface area contributed by atoms with Crippen molar-refractivity contribution in [1.82, 2.24) is 10.5 Å². The standard InChI is InChI=1S/C17H19FN2O3/c1-11-15(10-22-14-8-6-12(18)7-9-14)16(20-23-11)17(21)19-13-4-2-3-5-13/h6-9,13H,2-5,10H2,1H3,(H,19,21). The van der Waals surface area contributed by atoms with E-state index in [9.17, 15) is 9.18 Å². The Balaban J connectivity index is 1.67. The zero-order valence-corrected chi connectivity index (χ0v) is 13.0. The van der Waals surface area contributed by atoms with Crippen molar-refractivity contribution in [3.63, 3.8) is 0 Å². The maximum absolute atomic E-state index is 12.9. The van der Waals surface area contributed by atoms with Crippen LogP contribution in [0.3, 0.4) is 0 Å². The molecule has 0 unspecified atom stereocenters. The van der Waals surface area contributed by atoms with Gasteiger partial charge >= 0.3 is 0 Å². The lowest BCUT2D eigenvalue weighted by Crippen LogP contribution is -2.33. The Hall–Kier alpha value is -2.37. The average Bonchev–Trinajstić information content (AvgIpc) is 3.16. The molecule has 3 rings (SSSR count). The van der Waals surface area contributed by atoms with Gasteiger partial charge in [0.15, 0.2) is 5.69 Å². The van der Waals surface area contributed by atoms with Crippen molar-refractivity contribution >= 4 is 5.91 Å². The maximum Gasteiger partial charge on any atom is 0.274 e. The van der Waals surface area contributed by atoms with Crippen molar-refractivity contribution in [3.05, 3.63) is 47.1 Å². The number of nitrogens with one attached hydrogen (secondary N) is 1. The summed E-state index contributed by atoms with van der Waals surface area (Å²) in [6, 6.07) is 5.94. The fourth-order valence-electron chi connectivity index (χ4n) is 2.75. The van der Waals surface area contributed by atoms with Crippen molar-refractivity contribution < 1.29 is 18.4 Å². The molecule has 1 saturated carbocycles. The Morgan fingerprint density at radius 2 is 2.04 bits per heavy atom. The molecule has 2 aromatic rings. The number of nitrogens with zero attached hydrogens (tertiary/aromatic N) is 1. The van der Waals surface area contributed by atoms with Crippen LogP contribution in [0, 0.1) is 12.7 Å². The molecular weight excluding hydrogens is 299 g/mol. The van der Waals surface area contributed by atoms with Gasteiger partial charge in [0.1, 0.15) is 23.9 Å². The van der Waals surface area contributed by atoms with Gasteiger partial charge in [0.2, 0.25) is 0 Å². The van der Waals surface area contributed by atoms with Crippen LogP contribution in [0.4, 0.5) is 4.39 Å². The molecule has 1 aromatic carbocycles. The molecule has 1 aliphatic carbocycles. The number of hydrogen-bond donors (Lipinski definition) is 1. The highest BCUT2D eigenvalue weighted by molar-refractivity contribution is 5.94. The molecule has 0 atom stereocenters. The third-order valence-corrected chi connectivity index (χ3v) is 4.09. The van der Waals surface area contributed by atoms with Crippen molar-refractivity contribution in [2.24, 2.45) is 0 Å². The summed E-state index contributed by atoms with van der Waals surface area (Å²) in [4.78, 5) is 12.4. The summed E-state index contributed by atoms with van der Waals surface area (Å²) in [5.41, 5.74) is 0.876. The number of carbonyl (C=O) groups is 1. The molecule has 23 heavy (non-hydrogen) atoms. The minimum atomic E-state index is -0.324. The summed E-state index contributed by atoms with van der Waals surface area (Å²) >= 11 is 0. The first-order chi connectivity index (χ1) is 11.1. The Kier molecular flexibility index (Phi) is 4.60. The minimum Gasteiger partial charge on any atom is -0.489 e. The van der Waals surface area contributed by atoms with E-state index in [1.54, 1.807) is 6.92 Å². The Labute approximate surface area is 133 Å². The summed E-state index contributed by atoms with van der Waals surface area (Å²) in [5.74, 6) is 0.513. The molecule has 1 aliphatic rings. The maximum atomic E-state index is 12.9. The number of benzene rings is 1. The predicted octanol–water partition coefficient (Wildman–Crippen LogP) is 3.37. The second-order valence-corrected chi connectivity index (χ2v) is 5.76. The lowest BCUT2D eigenvalue weighted by molar-refractivity contribution is 0.0926. The highest BCUT2D eigenvalue weighted by atomic mass is 19.1. The third-order valence-electron chi connectivity index (χ3n) is 4.09. The molecular formula is C17H19FN2O3. The van der Waals surface area contributed by atoms with Gasteiger partial charge < -0.3 is 14.6 Å². The van der Waals surface area contributed by atoms with E-state index in [0.29, 0.717) is 17.1 Å². The van der Waals surface area contributed by atoms with Crippen molar-refractivity contribution in [3.8, 4) is 5.75 Å². The first kappa shape index (κ1) is 15.5. The van der Waals surface area contributed by atoms with Crippen molar-refractivity contribution in [2.45, 2.75) is 45.3 Å².